The average Bonchev–Trinajstić information content (AvgIpc) is 2.66. The number of benzene rings is 1. The van der Waals surface area contributed by atoms with Gasteiger partial charge >= 0.3 is 6.18 Å². The zero-order valence-electron chi connectivity index (χ0n) is 9.48. The van der Waals surface area contributed by atoms with Crippen molar-refractivity contribution >= 4 is 0 Å². The Kier molecular flexibility index (Phi) is 2.51. The molecule has 1 saturated carbocycles. The molecule has 1 aliphatic rings. The molecule has 0 radical (unpaired) electrons. The highest BCUT2D eigenvalue weighted by Gasteiger charge is 2.56. The summed E-state index contributed by atoms with van der Waals surface area (Å²) in [7, 11) is 0. The molecule has 0 aromatic heterocycles. The smallest absolute Gasteiger partial charge is 0.327 e. The van der Waals surface area contributed by atoms with Gasteiger partial charge in [-0.3, -0.25) is 0 Å². The molecule has 0 bridgehead atoms. The summed E-state index contributed by atoms with van der Waals surface area (Å²) in [6.45, 7) is 3.78. The van der Waals surface area contributed by atoms with Gasteiger partial charge in [-0.05, 0) is 23.1 Å². The van der Waals surface area contributed by atoms with E-state index in [2.05, 4.69) is 0 Å². The van der Waals surface area contributed by atoms with Crippen LogP contribution in [0.5, 0.6) is 0 Å². The molecule has 1 aromatic carbocycles. The molecule has 2 atom stereocenters. The zero-order chi connectivity index (χ0) is 13.0. The molecule has 1 nitrogen and oxygen atoms in total. The molecule has 17 heavy (non-hydrogen) atoms. The first kappa shape index (κ1) is 12.4. The van der Waals surface area contributed by atoms with Gasteiger partial charge in [0.05, 0.1) is 5.56 Å². The molecule has 5 heteroatoms. The standard InChI is InChI=1S/C12H13F4N/c1-11(2)9(10(11)17)6-3-4-8(13)7(5-6)12(14,15)16/h3-5,9-10H,17H2,1-2H3. The third-order valence-corrected chi connectivity index (χ3v) is 3.57. The summed E-state index contributed by atoms with van der Waals surface area (Å²) in [5.41, 5.74) is 4.81. The summed E-state index contributed by atoms with van der Waals surface area (Å²) >= 11 is 0. The molecule has 0 heterocycles. The van der Waals surface area contributed by atoms with E-state index in [0.717, 1.165) is 12.1 Å². The summed E-state index contributed by atoms with van der Waals surface area (Å²) < 4.78 is 50.7. The van der Waals surface area contributed by atoms with Crippen LogP contribution in [0.15, 0.2) is 18.2 Å². The van der Waals surface area contributed by atoms with Gasteiger partial charge in [-0.25, -0.2) is 4.39 Å². The Bertz CT molecular complexity index is 450. The Morgan fingerprint density at radius 1 is 1.24 bits per heavy atom. The minimum atomic E-state index is -4.66. The van der Waals surface area contributed by atoms with Crippen LogP contribution in [0.3, 0.4) is 0 Å². The topological polar surface area (TPSA) is 26.0 Å². The van der Waals surface area contributed by atoms with E-state index in [0.29, 0.717) is 5.56 Å². The van der Waals surface area contributed by atoms with Crippen LogP contribution in [0.2, 0.25) is 0 Å². The predicted molar refractivity (Wildman–Crippen MR) is 55.9 cm³/mol. The van der Waals surface area contributed by atoms with Crippen LogP contribution in [0, 0.1) is 11.2 Å². The lowest BCUT2D eigenvalue weighted by Gasteiger charge is -2.10. The van der Waals surface area contributed by atoms with Crippen LogP contribution < -0.4 is 5.73 Å². The first-order chi connectivity index (χ1) is 7.65. The molecular formula is C12H13F4N. The minimum absolute atomic E-state index is 0.135. The van der Waals surface area contributed by atoms with Crippen molar-refractivity contribution in [2.45, 2.75) is 32.0 Å². The van der Waals surface area contributed by atoms with Gasteiger partial charge in [0.15, 0.2) is 0 Å². The van der Waals surface area contributed by atoms with Crippen LogP contribution in [0.1, 0.15) is 30.9 Å². The second kappa shape index (κ2) is 3.45. The van der Waals surface area contributed by atoms with Crippen molar-refractivity contribution in [2.24, 2.45) is 11.1 Å². The van der Waals surface area contributed by atoms with Gasteiger partial charge in [0, 0.05) is 12.0 Å². The second-order valence-corrected chi connectivity index (χ2v) is 5.06. The van der Waals surface area contributed by atoms with E-state index in [1.54, 1.807) is 0 Å². The summed E-state index contributed by atoms with van der Waals surface area (Å²) in [6, 6.07) is 2.94. The fraction of sp³-hybridized carbons (Fsp3) is 0.500. The van der Waals surface area contributed by atoms with Gasteiger partial charge in [-0.15, -0.1) is 0 Å². The molecular weight excluding hydrogens is 234 g/mol. The second-order valence-electron chi connectivity index (χ2n) is 5.06. The maximum atomic E-state index is 13.1. The third kappa shape index (κ3) is 1.92. The molecule has 0 aliphatic heterocycles. The number of nitrogens with two attached hydrogens (primary N) is 1. The highest BCUT2D eigenvalue weighted by molar-refractivity contribution is 5.38. The molecule has 1 fully saturated rings. The summed E-state index contributed by atoms with van der Waals surface area (Å²) in [5.74, 6) is -1.38. The van der Waals surface area contributed by atoms with Gasteiger partial charge in [0.25, 0.3) is 0 Å². The number of halogens is 4. The summed E-state index contributed by atoms with van der Waals surface area (Å²) in [6.07, 6.45) is -4.66. The largest absolute Gasteiger partial charge is 0.419 e. The van der Waals surface area contributed by atoms with Crippen molar-refractivity contribution in [2.75, 3.05) is 0 Å². The number of alkyl halides is 3. The Hall–Kier alpha value is -1.10. The zero-order valence-corrected chi connectivity index (χ0v) is 9.48. The molecule has 1 aliphatic carbocycles. The first-order valence-electron chi connectivity index (χ1n) is 5.28. The van der Waals surface area contributed by atoms with Crippen LogP contribution in [0.25, 0.3) is 0 Å². The minimum Gasteiger partial charge on any atom is -0.327 e. The Morgan fingerprint density at radius 2 is 1.76 bits per heavy atom. The molecule has 0 saturated heterocycles. The lowest BCUT2D eigenvalue weighted by atomic mass is 10.0. The molecule has 0 amide bonds. The lowest BCUT2D eigenvalue weighted by molar-refractivity contribution is -0.140. The van der Waals surface area contributed by atoms with Gasteiger partial charge in [-0.1, -0.05) is 19.9 Å². The van der Waals surface area contributed by atoms with Gasteiger partial charge in [-0.2, -0.15) is 13.2 Å². The molecule has 2 rings (SSSR count). The first-order valence-corrected chi connectivity index (χ1v) is 5.28. The van der Waals surface area contributed by atoms with Gasteiger partial charge in [0.1, 0.15) is 5.82 Å². The van der Waals surface area contributed by atoms with Crippen molar-refractivity contribution < 1.29 is 17.6 Å². The third-order valence-electron chi connectivity index (χ3n) is 3.57. The van der Waals surface area contributed by atoms with Crippen molar-refractivity contribution in [1.82, 2.24) is 0 Å². The van der Waals surface area contributed by atoms with Gasteiger partial charge < -0.3 is 5.73 Å². The van der Waals surface area contributed by atoms with E-state index in [4.69, 9.17) is 5.73 Å². The maximum Gasteiger partial charge on any atom is 0.419 e. The van der Waals surface area contributed by atoms with Crippen LogP contribution >= 0.6 is 0 Å². The Balaban J connectivity index is 2.40. The SMILES string of the molecule is CC1(C)C(N)C1c1ccc(F)c(C(F)(F)F)c1. The lowest BCUT2D eigenvalue weighted by Crippen LogP contribution is -2.09. The average molecular weight is 247 g/mol. The summed E-state index contributed by atoms with van der Waals surface area (Å²) in [4.78, 5) is 0. The van der Waals surface area contributed by atoms with Crippen molar-refractivity contribution in [3.63, 3.8) is 0 Å². The number of hydrogen-bond acceptors (Lipinski definition) is 1. The van der Waals surface area contributed by atoms with E-state index in [9.17, 15) is 17.6 Å². The van der Waals surface area contributed by atoms with E-state index in [1.807, 2.05) is 13.8 Å². The molecule has 1 aromatic rings. The molecule has 94 valence electrons. The van der Waals surface area contributed by atoms with Crippen LogP contribution in [-0.4, -0.2) is 6.04 Å². The molecule has 2 unspecified atom stereocenters. The highest BCUT2D eigenvalue weighted by Crippen LogP contribution is 2.57. The van der Waals surface area contributed by atoms with Gasteiger partial charge in [0.2, 0.25) is 0 Å². The predicted octanol–water partition coefficient (Wildman–Crippen LogP) is 3.30. The quantitative estimate of drug-likeness (QED) is 0.757. The van der Waals surface area contributed by atoms with Crippen LogP contribution in [0.4, 0.5) is 17.6 Å². The maximum absolute atomic E-state index is 13.1. The Morgan fingerprint density at radius 3 is 2.18 bits per heavy atom. The van der Waals surface area contributed by atoms with E-state index in [-0.39, 0.29) is 17.4 Å². The monoisotopic (exact) mass is 247 g/mol. The van der Waals surface area contributed by atoms with E-state index < -0.39 is 17.6 Å². The van der Waals surface area contributed by atoms with E-state index >= 15 is 0 Å². The van der Waals surface area contributed by atoms with Crippen molar-refractivity contribution in [1.29, 1.82) is 0 Å². The van der Waals surface area contributed by atoms with Crippen LogP contribution in [-0.2, 0) is 6.18 Å². The van der Waals surface area contributed by atoms with Crippen molar-refractivity contribution in [3.05, 3.63) is 35.1 Å². The fourth-order valence-corrected chi connectivity index (χ4v) is 2.27. The fourth-order valence-electron chi connectivity index (χ4n) is 2.27. The normalized spacial score (nSPS) is 27.0. The number of rotatable bonds is 1. The number of hydrogen-bond donors (Lipinski definition) is 1. The van der Waals surface area contributed by atoms with Crippen molar-refractivity contribution in [3.8, 4) is 0 Å². The molecule has 0 spiro atoms. The summed E-state index contributed by atoms with van der Waals surface area (Å²) in [5, 5.41) is 0. The van der Waals surface area contributed by atoms with E-state index in [1.165, 1.54) is 6.07 Å². The highest BCUT2D eigenvalue weighted by atomic mass is 19.4. The molecule has 2 N–H and O–H groups in total. The Labute approximate surface area is 96.6 Å².